The van der Waals surface area contributed by atoms with E-state index in [1.54, 1.807) is 31.5 Å². The van der Waals surface area contributed by atoms with Gasteiger partial charge in [0.1, 0.15) is 11.8 Å². The van der Waals surface area contributed by atoms with Gasteiger partial charge in [-0.3, -0.25) is 4.68 Å². The summed E-state index contributed by atoms with van der Waals surface area (Å²) in [6, 6.07) is 7.75. The predicted molar refractivity (Wildman–Crippen MR) is 73.6 cm³/mol. The molecule has 19 heavy (non-hydrogen) atoms. The van der Waals surface area contributed by atoms with Crippen LogP contribution >= 0.6 is 0 Å². The molecule has 0 aliphatic heterocycles. The van der Waals surface area contributed by atoms with Crippen LogP contribution in [0.2, 0.25) is 0 Å². The van der Waals surface area contributed by atoms with Gasteiger partial charge >= 0.3 is 0 Å². The minimum absolute atomic E-state index is 0.302. The Morgan fingerprint density at radius 1 is 1.42 bits per heavy atom. The zero-order valence-electron chi connectivity index (χ0n) is 11.2. The van der Waals surface area contributed by atoms with Gasteiger partial charge in [0.2, 0.25) is 0 Å². The van der Waals surface area contributed by atoms with Crippen molar-refractivity contribution in [1.29, 1.82) is 5.26 Å². The SMILES string of the molecule is COc1ccc(C#N)c(Nc2cnn(C(C)C)c2)c1. The summed E-state index contributed by atoms with van der Waals surface area (Å²) in [6.45, 7) is 4.12. The summed E-state index contributed by atoms with van der Waals surface area (Å²) in [6.07, 6.45) is 3.64. The second kappa shape index (κ2) is 5.44. The van der Waals surface area contributed by atoms with E-state index in [1.807, 2.05) is 10.9 Å². The number of nitriles is 1. The molecule has 0 atom stereocenters. The molecule has 0 saturated heterocycles. The van der Waals surface area contributed by atoms with Crippen molar-refractivity contribution < 1.29 is 4.74 Å². The lowest BCUT2D eigenvalue weighted by atomic mass is 10.2. The Bertz CT molecular complexity index is 610. The molecular weight excluding hydrogens is 240 g/mol. The molecule has 1 aromatic heterocycles. The summed E-state index contributed by atoms with van der Waals surface area (Å²) in [4.78, 5) is 0. The van der Waals surface area contributed by atoms with E-state index in [1.165, 1.54) is 0 Å². The fourth-order valence-electron chi connectivity index (χ4n) is 1.69. The Morgan fingerprint density at radius 3 is 2.79 bits per heavy atom. The van der Waals surface area contributed by atoms with Gasteiger partial charge in [0, 0.05) is 18.3 Å². The highest BCUT2D eigenvalue weighted by Gasteiger charge is 2.07. The molecule has 0 unspecified atom stereocenters. The van der Waals surface area contributed by atoms with Gasteiger partial charge in [0.25, 0.3) is 0 Å². The normalized spacial score (nSPS) is 10.3. The minimum atomic E-state index is 0.302. The maximum absolute atomic E-state index is 9.10. The van der Waals surface area contributed by atoms with Crippen molar-refractivity contribution in [2.75, 3.05) is 12.4 Å². The van der Waals surface area contributed by atoms with Gasteiger partial charge in [0.05, 0.1) is 30.2 Å². The Balaban J connectivity index is 2.28. The number of nitrogens with zero attached hydrogens (tertiary/aromatic N) is 3. The second-order valence-corrected chi connectivity index (χ2v) is 4.45. The van der Waals surface area contributed by atoms with E-state index >= 15 is 0 Å². The molecule has 1 heterocycles. The molecule has 0 amide bonds. The lowest BCUT2D eigenvalue weighted by molar-refractivity contribution is 0.415. The number of rotatable bonds is 4. The first-order valence-electron chi connectivity index (χ1n) is 6.03. The Kier molecular flexibility index (Phi) is 3.71. The van der Waals surface area contributed by atoms with E-state index in [2.05, 4.69) is 30.3 Å². The fourth-order valence-corrected chi connectivity index (χ4v) is 1.69. The van der Waals surface area contributed by atoms with E-state index < -0.39 is 0 Å². The summed E-state index contributed by atoms with van der Waals surface area (Å²) < 4.78 is 7.02. The van der Waals surface area contributed by atoms with Crippen LogP contribution in [-0.2, 0) is 0 Å². The molecule has 0 spiro atoms. The molecule has 5 heteroatoms. The molecule has 0 aliphatic carbocycles. The summed E-state index contributed by atoms with van der Waals surface area (Å²) in [5.74, 6) is 0.706. The van der Waals surface area contributed by atoms with E-state index in [0.29, 0.717) is 23.0 Å². The number of hydrogen-bond donors (Lipinski definition) is 1. The third-order valence-electron chi connectivity index (χ3n) is 2.76. The first-order valence-corrected chi connectivity index (χ1v) is 6.03. The van der Waals surface area contributed by atoms with Crippen LogP contribution in [0.1, 0.15) is 25.5 Å². The van der Waals surface area contributed by atoms with Gasteiger partial charge < -0.3 is 10.1 Å². The van der Waals surface area contributed by atoms with Crippen molar-refractivity contribution in [2.45, 2.75) is 19.9 Å². The monoisotopic (exact) mass is 256 g/mol. The highest BCUT2D eigenvalue weighted by atomic mass is 16.5. The highest BCUT2D eigenvalue weighted by Crippen LogP contribution is 2.25. The predicted octanol–water partition coefficient (Wildman–Crippen LogP) is 3.09. The Morgan fingerprint density at radius 2 is 2.21 bits per heavy atom. The Hall–Kier alpha value is -2.48. The number of aromatic nitrogens is 2. The molecule has 0 aliphatic rings. The molecule has 0 saturated carbocycles. The van der Waals surface area contributed by atoms with Crippen molar-refractivity contribution >= 4 is 11.4 Å². The Labute approximate surface area is 112 Å². The van der Waals surface area contributed by atoms with Crippen LogP contribution in [0.25, 0.3) is 0 Å². The minimum Gasteiger partial charge on any atom is -0.497 e. The van der Waals surface area contributed by atoms with Gasteiger partial charge in [-0.1, -0.05) is 0 Å². The van der Waals surface area contributed by atoms with Gasteiger partial charge in [-0.2, -0.15) is 10.4 Å². The average Bonchev–Trinajstić information content (AvgIpc) is 2.87. The van der Waals surface area contributed by atoms with E-state index in [0.717, 1.165) is 5.69 Å². The summed E-state index contributed by atoms with van der Waals surface area (Å²) in [5, 5.41) is 16.5. The molecule has 2 aromatic rings. The number of nitrogens with one attached hydrogen (secondary N) is 1. The molecule has 5 nitrogen and oxygen atoms in total. The summed E-state index contributed by atoms with van der Waals surface area (Å²) in [7, 11) is 1.60. The number of ether oxygens (including phenoxy) is 1. The van der Waals surface area contributed by atoms with Gasteiger partial charge in [0.15, 0.2) is 0 Å². The maximum atomic E-state index is 9.10. The van der Waals surface area contributed by atoms with Crippen molar-refractivity contribution in [3.8, 4) is 11.8 Å². The van der Waals surface area contributed by atoms with Crippen LogP contribution in [-0.4, -0.2) is 16.9 Å². The quantitative estimate of drug-likeness (QED) is 0.913. The number of anilines is 2. The third-order valence-corrected chi connectivity index (χ3v) is 2.76. The van der Waals surface area contributed by atoms with Crippen LogP contribution in [0.4, 0.5) is 11.4 Å². The zero-order chi connectivity index (χ0) is 13.8. The lowest BCUT2D eigenvalue weighted by Gasteiger charge is -2.08. The smallest absolute Gasteiger partial charge is 0.121 e. The number of methoxy groups -OCH3 is 1. The molecule has 0 fully saturated rings. The van der Waals surface area contributed by atoms with Gasteiger partial charge in [-0.25, -0.2) is 0 Å². The highest BCUT2D eigenvalue weighted by molar-refractivity contribution is 5.67. The lowest BCUT2D eigenvalue weighted by Crippen LogP contribution is -2.00. The molecule has 0 bridgehead atoms. The number of benzene rings is 1. The van der Waals surface area contributed by atoms with E-state index in [-0.39, 0.29) is 0 Å². The fraction of sp³-hybridized carbons (Fsp3) is 0.286. The van der Waals surface area contributed by atoms with E-state index in [4.69, 9.17) is 10.00 Å². The molecule has 2 rings (SSSR count). The molecule has 0 radical (unpaired) electrons. The van der Waals surface area contributed by atoms with E-state index in [9.17, 15) is 0 Å². The number of hydrogen-bond acceptors (Lipinski definition) is 4. The van der Waals surface area contributed by atoms with Crippen molar-refractivity contribution in [3.05, 3.63) is 36.2 Å². The first-order chi connectivity index (χ1) is 9.13. The van der Waals surface area contributed by atoms with Gasteiger partial charge in [-0.15, -0.1) is 0 Å². The topological polar surface area (TPSA) is 62.9 Å². The van der Waals surface area contributed by atoms with Crippen LogP contribution in [0.15, 0.2) is 30.6 Å². The van der Waals surface area contributed by atoms with Crippen LogP contribution < -0.4 is 10.1 Å². The average molecular weight is 256 g/mol. The molecule has 98 valence electrons. The second-order valence-electron chi connectivity index (χ2n) is 4.45. The largest absolute Gasteiger partial charge is 0.497 e. The van der Waals surface area contributed by atoms with Crippen LogP contribution in [0, 0.1) is 11.3 Å². The van der Waals surface area contributed by atoms with Gasteiger partial charge in [-0.05, 0) is 26.0 Å². The maximum Gasteiger partial charge on any atom is 0.121 e. The first kappa shape index (κ1) is 13.0. The van der Waals surface area contributed by atoms with Crippen molar-refractivity contribution in [1.82, 2.24) is 9.78 Å². The third kappa shape index (κ3) is 2.86. The van der Waals surface area contributed by atoms with Crippen LogP contribution in [0.3, 0.4) is 0 Å². The summed E-state index contributed by atoms with van der Waals surface area (Å²) >= 11 is 0. The molecular formula is C14H16N4O. The van der Waals surface area contributed by atoms with Crippen molar-refractivity contribution in [3.63, 3.8) is 0 Å². The van der Waals surface area contributed by atoms with Crippen LogP contribution in [0.5, 0.6) is 5.75 Å². The van der Waals surface area contributed by atoms with Crippen molar-refractivity contribution in [2.24, 2.45) is 0 Å². The molecule has 1 N–H and O–H groups in total. The molecule has 1 aromatic carbocycles. The summed E-state index contributed by atoms with van der Waals surface area (Å²) in [5.41, 5.74) is 2.13. The standard InChI is InChI=1S/C14H16N4O/c1-10(2)18-9-12(8-16-18)17-14-6-13(19-3)5-4-11(14)7-15/h4-6,8-10,17H,1-3H3. The zero-order valence-corrected chi connectivity index (χ0v) is 11.2.